The summed E-state index contributed by atoms with van der Waals surface area (Å²) in [5.41, 5.74) is 0. The van der Waals surface area contributed by atoms with Gasteiger partial charge in [0.2, 0.25) is 0 Å². The Morgan fingerprint density at radius 3 is 2.53 bits per heavy atom. The van der Waals surface area contributed by atoms with Crippen molar-refractivity contribution in [1.82, 2.24) is 4.90 Å². The Hall–Kier alpha value is -1.22. The third-order valence-electron chi connectivity index (χ3n) is 3.63. The van der Waals surface area contributed by atoms with Crippen molar-refractivity contribution in [3.63, 3.8) is 0 Å². The molecule has 0 N–H and O–H groups in total. The number of ether oxygens (including phenoxy) is 2. The second-order valence-electron chi connectivity index (χ2n) is 5.14. The Labute approximate surface area is 116 Å². The van der Waals surface area contributed by atoms with Gasteiger partial charge in [0, 0.05) is 12.6 Å². The lowest BCUT2D eigenvalue weighted by Crippen LogP contribution is -2.26. The molecule has 1 heterocycles. The van der Waals surface area contributed by atoms with Gasteiger partial charge in [-0.1, -0.05) is 18.9 Å². The molecular formula is C16H25NO2. The Morgan fingerprint density at radius 2 is 1.79 bits per heavy atom. The Balaban J connectivity index is 1.65. The molecule has 1 aliphatic rings. The van der Waals surface area contributed by atoms with Crippen molar-refractivity contribution in [2.45, 2.75) is 32.1 Å². The zero-order valence-corrected chi connectivity index (χ0v) is 11.9. The molecule has 1 aromatic carbocycles. The van der Waals surface area contributed by atoms with Crippen LogP contribution in [0.15, 0.2) is 24.3 Å². The van der Waals surface area contributed by atoms with Crippen molar-refractivity contribution in [3.05, 3.63) is 24.3 Å². The highest BCUT2D eigenvalue weighted by Crippen LogP contribution is 2.19. The van der Waals surface area contributed by atoms with Crippen LogP contribution in [0.5, 0.6) is 11.5 Å². The van der Waals surface area contributed by atoms with Crippen LogP contribution in [-0.2, 0) is 0 Å². The Kier molecular flexibility index (Phi) is 6.02. The van der Waals surface area contributed by atoms with E-state index in [1.54, 1.807) is 7.11 Å². The predicted molar refractivity (Wildman–Crippen MR) is 78.0 cm³/mol. The standard InChI is InChI=1S/C16H25NO2/c1-18-15-8-6-9-16(14-15)19-13-7-12-17-10-4-2-3-5-11-17/h6,8-9,14H,2-5,7,10-13H2,1H3. The van der Waals surface area contributed by atoms with Crippen LogP contribution < -0.4 is 9.47 Å². The van der Waals surface area contributed by atoms with Crippen molar-refractivity contribution < 1.29 is 9.47 Å². The number of benzene rings is 1. The van der Waals surface area contributed by atoms with Gasteiger partial charge in [0.25, 0.3) is 0 Å². The molecular weight excluding hydrogens is 238 g/mol. The SMILES string of the molecule is COc1cccc(OCCCN2CCCCCC2)c1. The zero-order chi connectivity index (χ0) is 13.3. The maximum atomic E-state index is 5.76. The van der Waals surface area contributed by atoms with Crippen LogP contribution in [0.1, 0.15) is 32.1 Å². The molecule has 19 heavy (non-hydrogen) atoms. The summed E-state index contributed by atoms with van der Waals surface area (Å²) < 4.78 is 10.9. The quantitative estimate of drug-likeness (QED) is 0.735. The van der Waals surface area contributed by atoms with Gasteiger partial charge in [-0.05, 0) is 44.5 Å². The number of hydrogen-bond donors (Lipinski definition) is 0. The lowest BCUT2D eigenvalue weighted by Gasteiger charge is -2.19. The fourth-order valence-corrected chi connectivity index (χ4v) is 2.53. The fraction of sp³-hybridized carbons (Fsp3) is 0.625. The lowest BCUT2D eigenvalue weighted by atomic mass is 10.2. The van der Waals surface area contributed by atoms with E-state index in [2.05, 4.69) is 4.90 Å². The van der Waals surface area contributed by atoms with Gasteiger partial charge in [-0.2, -0.15) is 0 Å². The minimum absolute atomic E-state index is 0.781. The molecule has 0 unspecified atom stereocenters. The summed E-state index contributed by atoms with van der Waals surface area (Å²) in [5.74, 6) is 1.75. The van der Waals surface area contributed by atoms with Gasteiger partial charge >= 0.3 is 0 Å². The largest absolute Gasteiger partial charge is 0.497 e. The summed E-state index contributed by atoms with van der Waals surface area (Å²) in [6.07, 6.45) is 6.61. The predicted octanol–water partition coefficient (Wildman–Crippen LogP) is 3.34. The summed E-state index contributed by atoms with van der Waals surface area (Å²) >= 11 is 0. The summed E-state index contributed by atoms with van der Waals surface area (Å²) in [4.78, 5) is 2.57. The van der Waals surface area contributed by atoms with E-state index in [9.17, 15) is 0 Å². The van der Waals surface area contributed by atoms with E-state index >= 15 is 0 Å². The van der Waals surface area contributed by atoms with Crippen molar-refractivity contribution >= 4 is 0 Å². The maximum Gasteiger partial charge on any atom is 0.122 e. The van der Waals surface area contributed by atoms with Crippen LogP contribution in [-0.4, -0.2) is 38.3 Å². The molecule has 1 fully saturated rings. The Morgan fingerprint density at radius 1 is 1.05 bits per heavy atom. The first-order chi connectivity index (χ1) is 9.38. The van der Waals surface area contributed by atoms with E-state index in [-0.39, 0.29) is 0 Å². The molecule has 0 radical (unpaired) electrons. The number of rotatable bonds is 6. The van der Waals surface area contributed by atoms with Gasteiger partial charge < -0.3 is 14.4 Å². The lowest BCUT2D eigenvalue weighted by molar-refractivity contribution is 0.239. The molecule has 1 aliphatic heterocycles. The van der Waals surface area contributed by atoms with Crippen molar-refractivity contribution in [1.29, 1.82) is 0 Å². The topological polar surface area (TPSA) is 21.7 Å². The highest BCUT2D eigenvalue weighted by Gasteiger charge is 2.08. The minimum atomic E-state index is 0.781. The molecule has 0 aliphatic carbocycles. The first-order valence-corrected chi connectivity index (χ1v) is 7.38. The third kappa shape index (κ3) is 5.11. The first-order valence-electron chi connectivity index (χ1n) is 7.38. The molecule has 0 atom stereocenters. The molecule has 1 aromatic rings. The first kappa shape index (κ1) is 14.2. The summed E-state index contributed by atoms with van der Waals surface area (Å²) in [6.45, 7) is 4.46. The molecule has 0 bridgehead atoms. The third-order valence-corrected chi connectivity index (χ3v) is 3.63. The van der Waals surface area contributed by atoms with Gasteiger partial charge in [-0.15, -0.1) is 0 Å². The molecule has 0 aromatic heterocycles. The van der Waals surface area contributed by atoms with E-state index in [4.69, 9.17) is 9.47 Å². The van der Waals surface area contributed by atoms with Crippen LogP contribution in [0.25, 0.3) is 0 Å². The fourth-order valence-electron chi connectivity index (χ4n) is 2.53. The van der Waals surface area contributed by atoms with Crippen molar-refractivity contribution in [2.75, 3.05) is 33.4 Å². The molecule has 3 heteroatoms. The summed E-state index contributed by atoms with van der Waals surface area (Å²) in [5, 5.41) is 0. The van der Waals surface area contributed by atoms with Crippen LogP contribution in [0.4, 0.5) is 0 Å². The van der Waals surface area contributed by atoms with E-state index in [0.717, 1.165) is 31.1 Å². The maximum absolute atomic E-state index is 5.76. The number of likely N-dealkylation sites (tertiary alicyclic amines) is 1. The highest BCUT2D eigenvalue weighted by molar-refractivity contribution is 5.32. The molecule has 0 saturated carbocycles. The molecule has 1 saturated heterocycles. The number of hydrogen-bond acceptors (Lipinski definition) is 3. The molecule has 2 rings (SSSR count). The van der Waals surface area contributed by atoms with E-state index in [1.807, 2.05) is 24.3 Å². The molecule has 0 amide bonds. The van der Waals surface area contributed by atoms with Gasteiger partial charge in [0.05, 0.1) is 13.7 Å². The molecule has 106 valence electrons. The molecule has 3 nitrogen and oxygen atoms in total. The van der Waals surface area contributed by atoms with Crippen molar-refractivity contribution in [2.24, 2.45) is 0 Å². The van der Waals surface area contributed by atoms with Crippen LogP contribution >= 0.6 is 0 Å². The van der Waals surface area contributed by atoms with Gasteiger partial charge in [0.15, 0.2) is 0 Å². The summed E-state index contributed by atoms with van der Waals surface area (Å²) in [6, 6.07) is 7.81. The van der Waals surface area contributed by atoms with Crippen LogP contribution in [0.2, 0.25) is 0 Å². The smallest absolute Gasteiger partial charge is 0.122 e. The zero-order valence-electron chi connectivity index (χ0n) is 11.9. The van der Waals surface area contributed by atoms with E-state index in [1.165, 1.54) is 38.8 Å². The highest BCUT2D eigenvalue weighted by atomic mass is 16.5. The Bertz CT molecular complexity index is 360. The average molecular weight is 263 g/mol. The number of methoxy groups -OCH3 is 1. The second-order valence-corrected chi connectivity index (χ2v) is 5.14. The van der Waals surface area contributed by atoms with Gasteiger partial charge in [0.1, 0.15) is 11.5 Å². The van der Waals surface area contributed by atoms with Crippen LogP contribution in [0.3, 0.4) is 0 Å². The second kappa shape index (κ2) is 8.05. The number of nitrogens with zero attached hydrogens (tertiary/aromatic N) is 1. The monoisotopic (exact) mass is 263 g/mol. The van der Waals surface area contributed by atoms with Gasteiger partial charge in [-0.25, -0.2) is 0 Å². The minimum Gasteiger partial charge on any atom is -0.497 e. The van der Waals surface area contributed by atoms with Crippen LogP contribution in [0, 0.1) is 0 Å². The van der Waals surface area contributed by atoms with Gasteiger partial charge in [-0.3, -0.25) is 0 Å². The van der Waals surface area contributed by atoms with E-state index in [0.29, 0.717) is 0 Å². The van der Waals surface area contributed by atoms with E-state index < -0.39 is 0 Å². The molecule has 0 spiro atoms. The summed E-state index contributed by atoms with van der Waals surface area (Å²) in [7, 11) is 1.68. The normalized spacial score (nSPS) is 16.9. The van der Waals surface area contributed by atoms with Crippen molar-refractivity contribution in [3.8, 4) is 11.5 Å². The average Bonchev–Trinajstić information content (AvgIpc) is 2.72.